The lowest BCUT2D eigenvalue weighted by Crippen LogP contribution is -2.47. The number of aliphatic imine (C=N–C) groups is 1. The van der Waals surface area contributed by atoms with E-state index in [-0.39, 0.29) is 11.9 Å². The first kappa shape index (κ1) is 20.7. The van der Waals surface area contributed by atoms with Gasteiger partial charge in [0.1, 0.15) is 18.2 Å². The fourth-order valence-corrected chi connectivity index (χ4v) is 3.17. The smallest absolute Gasteiger partial charge is 0.227 e. The third-order valence-electron chi connectivity index (χ3n) is 4.54. The van der Waals surface area contributed by atoms with Crippen LogP contribution in [0.2, 0.25) is 0 Å². The number of carbonyl (C=O) groups is 1. The standard InChI is InChI=1S/C19H28N8O2/c1-13-5-4-6-15(22-13)25-18(28)9-10-21-19(20-2)23-14-7-8-17-24-16(12-29-3)26-27(17)11-14/h4-6,14H,7-12H2,1-3H3,(H2,20,21,23)(H,22,25,28). The molecule has 1 unspecified atom stereocenters. The average Bonchev–Trinajstić information content (AvgIpc) is 3.09. The highest BCUT2D eigenvalue weighted by atomic mass is 16.5. The van der Waals surface area contributed by atoms with Gasteiger partial charge in [0.15, 0.2) is 11.8 Å². The summed E-state index contributed by atoms with van der Waals surface area (Å²) in [5.74, 6) is 2.83. The summed E-state index contributed by atoms with van der Waals surface area (Å²) in [5.41, 5.74) is 0.864. The van der Waals surface area contributed by atoms with Crippen molar-refractivity contribution in [3.8, 4) is 0 Å². The third-order valence-corrected chi connectivity index (χ3v) is 4.54. The lowest BCUT2D eigenvalue weighted by Gasteiger charge is -2.25. The Morgan fingerprint density at radius 1 is 1.38 bits per heavy atom. The molecule has 0 bridgehead atoms. The SMILES string of the molecule is CN=C(NCCC(=O)Nc1cccc(C)n1)NC1CCc2nc(COC)nn2C1. The van der Waals surface area contributed by atoms with E-state index in [4.69, 9.17) is 4.74 Å². The van der Waals surface area contributed by atoms with Crippen molar-refractivity contribution in [1.82, 2.24) is 30.4 Å². The maximum atomic E-state index is 12.1. The van der Waals surface area contributed by atoms with E-state index < -0.39 is 0 Å². The first-order valence-corrected chi connectivity index (χ1v) is 9.69. The Hall–Kier alpha value is -3.01. The van der Waals surface area contributed by atoms with Crippen molar-refractivity contribution >= 4 is 17.7 Å². The molecule has 2 aromatic heterocycles. The van der Waals surface area contributed by atoms with Crippen LogP contribution < -0.4 is 16.0 Å². The fourth-order valence-electron chi connectivity index (χ4n) is 3.17. The molecule has 0 spiro atoms. The molecule has 0 aromatic carbocycles. The van der Waals surface area contributed by atoms with Gasteiger partial charge < -0.3 is 20.7 Å². The number of hydrogen-bond donors (Lipinski definition) is 3. The summed E-state index contributed by atoms with van der Waals surface area (Å²) in [6, 6.07) is 5.72. The Bertz CT molecular complexity index is 864. The number of aryl methyl sites for hydroxylation is 2. The van der Waals surface area contributed by atoms with Crippen LogP contribution in [0.4, 0.5) is 5.82 Å². The highest BCUT2D eigenvalue weighted by molar-refractivity contribution is 5.90. The van der Waals surface area contributed by atoms with Crippen molar-refractivity contribution in [2.75, 3.05) is 26.0 Å². The van der Waals surface area contributed by atoms with E-state index in [1.165, 1.54) is 0 Å². The summed E-state index contributed by atoms with van der Waals surface area (Å²) >= 11 is 0. The van der Waals surface area contributed by atoms with E-state index in [0.717, 1.165) is 24.4 Å². The number of methoxy groups -OCH3 is 1. The number of rotatable bonds is 7. The first-order valence-electron chi connectivity index (χ1n) is 9.69. The average molecular weight is 400 g/mol. The van der Waals surface area contributed by atoms with Gasteiger partial charge in [0.25, 0.3) is 0 Å². The predicted molar refractivity (Wildman–Crippen MR) is 110 cm³/mol. The van der Waals surface area contributed by atoms with Gasteiger partial charge in [-0.05, 0) is 25.5 Å². The molecule has 0 saturated carbocycles. The van der Waals surface area contributed by atoms with E-state index >= 15 is 0 Å². The van der Waals surface area contributed by atoms with Gasteiger partial charge in [-0.1, -0.05) is 6.07 Å². The van der Waals surface area contributed by atoms with E-state index in [2.05, 4.69) is 36.0 Å². The second-order valence-corrected chi connectivity index (χ2v) is 6.90. The predicted octanol–water partition coefficient (Wildman–Crippen LogP) is 0.637. The van der Waals surface area contributed by atoms with Crippen molar-refractivity contribution < 1.29 is 9.53 Å². The van der Waals surface area contributed by atoms with Crippen molar-refractivity contribution in [2.24, 2.45) is 4.99 Å². The Kier molecular flexibility index (Phi) is 7.12. The highest BCUT2D eigenvalue weighted by Gasteiger charge is 2.22. The van der Waals surface area contributed by atoms with Crippen molar-refractivity contribution in [3.63, 3.8) is 0 Å². The summed E-state index contributed by atoms with van der Waals surface area (Å²) in [6.07, 6.45) is 2.09. The molecule has 3 rings (SSSR count). The summed E-state index contributed by atoms with van der Waals surface area (Å²) in [7, 11) is 3.35. The number of carbonyl (C=O) groups excluding carboxylic acids is 1. The minimum atomic E-state index is -0.0957. The summed E-state index contributed by atoms with van der Waals surface area (Å²) in [5, 5.41) is 13.9. The zero-order valence-electron chi connectivity index (χ0n) is 17.1. The molecule has 3 N–H and O–H groups in total. The highest BCUT2D eigenvalue weighted by Crippen LogP contribution is 2.13. The minimum absolute atomic E-state index is 0.0957. The first-order chi connectivity index (χ1) is 14.1. The molecule has 1 aliphatic rings. The molecule has 10 heteroatoms. The lowest BCUT2D eigenvalue weighted by molar-refractivity contribution is -0.116. The lowest BCUT2D eigenvalue weighted by atomic mass is 10.1. The van der Waals surface area contributed by atoms with E-state index in [1.54, 1.807) is 20.2 Å². The largest absolute Gasteiger partial charge is 0.377 e. The monoisotopic (exact) mass is 400 g/mol. The van der Waals surface area contributed by atoms with Crippen LogP contribution in [-0.2, 0) is 29.1 Å². The number of nitrogens with one attached hydrogen (secondary N) is 3. The zero-order valence-corrected chi connectivity index (χ0v) is 17.1. The second kappa shape index (κ2) is 9.97. The normalized spacial score (nSPS) is 16.2. The number of anilines is 1. The van der Waals surface area contributed by atoms with Crippen LogP contribution in [0.1, 0.15) is 30.2 Å². The van der Waals surface area contributed by atoms with Gasteiger partial charge in [0.05, 0.1) is 6.54 Å². The van der Waals surface area contributed by atoms with Crippen LogP contribution in [0, 0.1) is 6.92 Å². The van der Waals surface area contributed by atoms with Crippen molar-refractivity contribution in [1.29, 1.82) is 0 Å². The Labute approximate surface area is 170 Å². The van der Waals surface area contributed by atoms with Gasteiger partial charge in [-0.2, -0.15) is 5.10 Å². The van der Waals surface area contributed by atoms with Crippen LogP contribution in [0.15, 0.2) is 23.2 Å². The topological polar surface area (TPSA) is 118 Å². The minimum Gasteiger partial charge on any atom is -0.377 e. The fraction of sp³-hybridized carbons (Fsp3) is 0.526. The number of amides is 1. The number of guanidine groups is 1. The summed E-state index contributed by atoms with van der Waals surface area (Å²) in [4.78, 5) is 25.1. The molecule has 0 aliphatic carbocycles. The van der Waals surface area contributed by atoms with E-state index in [1.807, 2.05) is 23.7 Å². The Balaban J connectivity index is 1.43. The summed E-state index contributed by atoms with van der Waals surface area (Å²) in [6.45, 7) is 3.49. The number of aromatic nitrogens is 4. The molecular formula is C19H28N8O2. The molecule has 0 saturated heterocycles. The maximum absolute atomic E-state index is 12.1. The second-order valence-electron chi connectivity index (χ2n) is 6.90. The van der Waals surface area contributed by atoms with E-state index in [0.29, 0.717) is 43.7 Å². The summed E-state index contributed by atoms with van der Waals surface area (Å²) < 4.78 is 7.02. The molecule has 2 aromatic rings. The maximum Gasteiger partial charge on any atom is 0.227 e. The number of pyridine rings is 1. The van der Waals surface area contributed by atoms with Gasteiger partial charge >= 0.3 is 0 Å². The van der Waals surface area contributed by atoms with Gasteiger partial charge in [-0.3, -0.25) is 9.79 Å². The Morgan fingerprint density at radius 2 is 2.24 bits per heavy atom. The van der Waals surface area contributed by atoms with Crippen LogP contribution >= 0.6 is 0 Å². The van der Waals surface area contributed by atoms with E-state index in [9.17, 15) is 4.79 Å². The molecule has 0 fully saturated rings. The van der Waals surface area contributed by atoms with Gasteiger partial charge in [-0.25, -0.2) is 14.6 Å². The Morgan fingerprint density at radius 3 is 3.00 bits per heavy atom. The number of fused-ring (bicyclic) bond motifs is 1. The van der Waals surface area contributed by atoms with Crippen LogP contribution in [0.5, 0.6) is 0 Å². The van der Waals surface area contributed by atoms with Gasteiger partial charge in [0, 0.05) is 45.3 Å². The quantitative estimate of drug-likeness (QED) is 0.461. The molecule has 1 atom stereocenters. The number of nitrogens with zero attached hydrogens (tertiary/aromatic N) is 5. The molecular weight excluding hydrogens is 372 g/mol. The molecule has 29 heavy (non-hydrogen) atoms. The van der Waals surface area contributed by atoms with Crippen LogP contribution in [0.25, 0.3) is 0 Å². The molecule has 3 heterocycles. The molecule has 1 amide bonds. The van der Waals surface area contributed by atoms with Crippen molar-refractivity contribution in [2.45, 2.75) is 45.4 Å². The number of hydrogen-bond acceptors (Lipinski definition) is 6. The molecule has 0 radical (unpaired) electrons. The zero-order chi connectivity index (χ0) is 20.6. The van der Waals surface area contributed by atoms with Crippen LogP contribution in [0.3, 0.4) is 0 Å². The molecule has 1 aliphatic heterocycles. The number of ether oxygens (including phenoxy) is 1. The van der Waals surface area contributed by atoms with Gasteiger partial charge in [-0.15, -0.1) is 0 Å². The van der Waals surface area contributed by atoms with Crippen LogP contribution in [-0.4, -0.2) is 58.4 Å². The molecule has 156 valence electrons. The molecule has 10 nitrogen and oxygen atoms in total. The third kappa shape index (κ3) is 5.98. The van der Waals surface area contributed by atoms with Gasteiger partial charge in [0.2, 0.25) is 5.91 Å². The van der Waals surface area contributed by atoms with Crippen molar-refractivity contribution in [3.05, 3.63) is 35.5 Å².